The number of anilines is 3. The van der Waals surface area contributed by atoms with Crippen molar-refractivity contribution in [1.29, 1.82) is 0 Å². The zero-order valence-corrected chi connectivity index (χ0v) is 13.1. The molecular weight excluding hydrogens is 262 g/mol. The second-order valence-electron chi connectivity index (χ2n) is 5.21. The Labute approximate surface area is 126 Å². The first-order valence-corrected chi connectivity index (χ1v) is 7.45. The maximum absolute atomic E-state index is 4.48. The lowest BCUT2D eigenvalue weighted by molar-refractivity contribution is 0.755. The van der Waals surface area contributed by atoms with Crippen molar-refractivity contribution in [3.63, 3.8) is 0 Å². The molecule has 1 aromatic carbocycles. The molecular formula is C16H23N5. The standard InChI is InChI=1S/C16H23N5/c1-5-12(4)18-14-10-17-21-16(19-14)20-15-11(3)8-7-9-13(15)6-2/h7-10,12H,5-6H2,1-4H3,(H2,18,19,20,21). The van der Waals surface area contributed by atoms with Gasteiger partial charge in [0.1, 0.15) is 0 Å². The first kappa shape index (κ1) is 15.2. The van der Waals surface area contributed by atoms with Gasteiger partial charge in [-0.15, -0.1) is 5.10 Å². The zero-order chi connectivity index (χ0) is 15.2. The molecule has 0 fully saturated rings. The third kappa shape index (κ3) is 3.90. The maximum Gasteiger partial charge on any atom is 0.249 e. The molecule has 0 spiro atoms. The molecule has 1 heterocycles. The average Bonchev–Trinajstić information content (AvgIpc) is 2.49. The molecule has 0 saturated carbocycles. The van der Waals surface area contributed by atoms with Crippen molar-refractivity contribution in [3.8, 4) is 0 Å². The van der Waals surface area contributed by atoms with E-state index in [1.165, 1.54) is 11.1 Å². The van der Waals surface area contributed by atoms with Gasteiger partial charge in [-0.3, -0.25) is 0 Å². The van der Waals surface area contributed by atoms with Crippen molar-refractivity contribution >= 4 is 17.5 Å². The van der Waals surface area contributed by atoms with Crippen LogP contribution < -0.4 is 10.6 Å². The minimum absolute atomic E-state index is 0.360. The quantitative estimate of drug-likeness (QED) is 0.847. The third-order valence-corrected chi connectivity index (χ3v) is 3.54. The van der Waals surface area contributed by atoms with E-state index in [0.29, 0.717) is 12.0 Å². The number of rotatable bonds is 6. The van der Waals surface area contributed by atoms with Gasteiger partial charge in [-0.25, -0.2) is 0 Å². The zero-order valence-electron chi connectivity index (χ0n) is 13.1. The van der Waals surface area contributed by atoms with Crippen molar-refractivity contribution in [2.75, 3.05) is 10.6 Å². The summed E-state index contributed by atoms with van der Waals surface area (Å²) >= 11 is 0. The Kier molecular flexibility index (Phi) is 5.09. The predicted molar refractivity (Wildman–Crippen MR) is 87.0 cm³/mol. The molecule has 0 amide bonds. The fraction of sp³-hybridized carbons (Fsp3) is 0.438. The molecule has 21 heavy (non-hydrogen) atoms. The van der Waals surface area contributed by atoms with Gasteiger partial charge in [0.25, 0.3) is 0 Å². The summed E-state index contributed by atoms with van der Waals surface area (Å²) in [6.45, 7) is 8.47. The monoisotopic (exact) mass is 285 g/mol. The molecule has 0 saturated heterocycles. The van der Waals surface area contributed by atoms with Gasteiger partial charge in [0.05, 0.1) is 6.20 Å². The number of aromatic nitrogens is 3. The molecule has 5 nitrogen and oxygen atoms in total. The Morgan fingerprint density at radius 1 is 1.24 bits per heavy atom. The highest BCUT2D eigenvalue weighted by Gasteiger charge is 2.08. The molecule has 1 unspecified atom stereocenters. The number of benzene rings is 1. The molecule has 0 aliphatic heterocycles. The van der Waals surface area contributed by atoms with Crippen LogP contribution in [0.4, 0.5) is 17.5 Å². The van der Waals surface area contributed by atoms with Crippen LogP contribution in [0, 0.1) is 6.92 Å². The number of nitrogens with zero attached hydrogens (tertiary/aromatic N) is 3. The summed E-state index contributed by atoms with van der Waals surface area (Å²) < 4.78 is 0. The second-order valence-corrected chi connectivity index (χ2v) is 5.21. The lowest BCUT2D eigenvalue weighted by atomic mass is 10.1. The molecule has 5 heteroatoms. The molecule has 0 radical (unpaired) electrons. The maximum atomic E-state index is 4.48. The van der Waals surface area contributed by atoms with Crippen LogP contribution >= 0.6 is 0 Å². The second kappa shape index (κ2) is 7.02. The summed E-state index contributed by atoms with van der Waals surface area (Å²) in [5.41, 5.74) is 3.50. The van der Waals surface area contributed by atoms with Gasteiger partial charge in [-0.2, -0.15) is 10.1 Å². The minimum Gasteiger partial charge on any atom is -0.366 e. The van der Waals surface area contributed by atoms with Crippen molar-refractivity contribution < 1.29 is 0 Å². The highest BCUT2D eigenvalue weighted by atomic mass is 15.3. The smallest absolute Gasteiger partial charge is 0.249 e. The fourth-order valence-corrected chi connectivity index (χ4v) is 2.09. The van der Waals surface area contributed by atoms with Gasteiger partial charge in [0, 0.05) is 11.7 Å². The number of aryl methyl sites for hydroxylation is 2. The lowest BCUT2D eigenvalue weighted by Crippen LogP contribution is -2.15. The molecule has 2 aromatic rings. The van der Waals surface area contributed by atoms with Crippen LogP contribution in [0.15, 0.2) is 24.4 Å². The van der Waals surface area contributed by atoms with E-state index < -0.39 is 0 Å². The Hall–Kier alpha value is -2.17. The van der Waals surface area contributed by atoms with Crippen LogP contribution in [-0.4, -0.2) is 21.2 Å². The van der Waals surface area contributed by atoms with Crippen LogP contribution in [0.25, 0.3) is 0 Å². The largest absolute Gasteiger partial charge is 0.366 e. The van der Waals surface area contributed by atoms with Gasteiger partial charge in [0.2, 0.25) is 5.95 Å². The summed E-state index contributed by atoms with van der Waals surface area (Å²) in [7, 11) is 0. The van der Waals surface area contributed by atoms with Crippen LogP contribution in [0.1, 0.15) is 38.3 Å². The summed E-state index contributed by atoms with van der Waals surface area (Å²) in [6, 6.07) is 6.62. The predicted octanol–water partition coefficient (Wildman–Crippen LogP) is 3.70. The number of hydrogen-bond acceptors (Lipinski definition) is 5. The van der Waals surface area contributed by atoms with Crippen LogP contribution in [-0.2, 0) is 6.42 Å². The summed E-state index contributed by atoms with van der Waals surface area (Å²) in [6.07, 6.45) is 3.64. The number of hydrogen-bond donors (Lipinski definition) is 2. The van der Waals surface area contributed by atoms with Gasteiger partial charge < -0.3 is 10.6 Å². The normalized spacial score (nSPS) is 12.0. The molecule has 1 atom stereocenters. The van der Waals surface area contributed by atoms with Gasteiger partial charge in [-0.05, 0) is 37.8 Å². The number of nitrogens with one attached hydrogen (secondary N) is 2. The Morgan fingerprint density at radius 2 is 2.05 bits per heavy atom. The van der Waals surface area contributed by atoms with E-state index in [9.17, 15) is 0 Å². The average molecular weight is 285 g/mol. The SMILES string of the molecule is CCc1cccc(C)c1Nc1nncc(NC(C)CC)n1. The first-order valence-electron chi connectivity index (χ1n) is 7.45. The van der Waals surface area contributed by atoms with Crippen molar-refractivity contribution in [2.24, 2.45) is 0 Å². The number of para-hydroxylation sites is 1. The lowest BCUT2D eigenvalue weighted by Gasteiger charge is -2.14. The van der Waals surface area contributed by atoms with Gasteiger partial charge in [0.15, 0.2) is 5.82 Å². The summed E-state index contributed by atoms with van der Waals surface area (Å²) in [4.78, 5) is 4.48. The third-order valence-electron chi connectivity index (χ3n) is 3.54. The van der Waals surface area contributed by atoms with Crippen LogP contribution in [0.3, 0.4) is 0 Å². The van der Waals surface area contributed by atoms with Gasteiger partial charge >= 0.3 is 0 Å². The molecule has 1 aromatic heterocycles. The van der Waals surface area contributed by atoms with E-state index in [4.69, 9.17) is 0 Å². The molecule has 2 rings (SSSR count). The summed E-state index contributed by atoms with van der Waals surface area (Å²) in [5.74, 6) is 1.26. The molecule has 0 aliphatic carbocycles. The molecule has 112 valence electrons. The molecule has 0 bridgehead atoms. The van der Waals surface area contributed by atoms with Crippen LogP contribution in [0.5, 0.6) is 0 Å². The van der Waals surface area contributed by atoms with E-state index in [1.54, 1.807) is 6.20 Å². The van der Waals surface area contributed by atoms with E-state index in [2.05, 4.69) is 71.7 Å². The topological polar surface area (TPSA) is 62.7 Å². The van der Waals surface area contributed by atoms with Crippen molar-refractivity contribution in [3.05, 3.63) is 35.5 Å². The molecule has 2 N–H and O–H groups in total. The molecule has 0 aliphatic rings. The minimum atomic E-state index is 0.360. The van der Waals surface area contributed by atoms with Gasteiger partial charge in [-0.1, -0.05) is 32.0 Å². The van der Waals surface area contributed by atoms with Crippen LogP contribution in [0.2, 0.25) is 0 Å². The Morgan fingerprint density at radius 3 is 2.76 bits per heavy atom. The summed E-state index contributed by atoms with van der Waals surface area (Å²) in [5, 5.41) is 14.7. The Bertz CT molecular complexity index is 597. The highest BCUT2D eigenvalue weighted by molar-refractivity contribution is 5.63. The van der Waals surface area contributed by atoms with Crippen molar-refractivity contribution in [2.45, 2.75) is 46.6 Å². The van der Waals surface area contributed by atoms with E-state index in [1.807, 2.05) is 0 Å². The Balaban J connectivity index is 2.22. The highest BCUT2D eigenvalue weighted by Crippen LogP contribution is 2.23. The fourth-order valence-electron chi connectivity index (χ4n) is 2.09. The van der Waals surface area contributed by atoms with Crippen molar-refractivity contribution in [1.82, 2.24) is 15.2 Å². The first-order chi connectivity index (χ1) is 10.1. The van der Waals surface area contributed by atoms with E-state index >= 15 is 0 Å². The van der Waals surface area contributed by atoms with E-state index in [0.717, 1.165) is 24.3 Å². The van der Waals surface area contributed by atoms with E-state index in [-0.39, 0.29) is 0 Å².